The van der Waals surface area contributed by atoms with E-state index in [1.54, 1.807) is 15.3 Å². The van der Waals surface area contributed by atoms with Gasteiger partial charge in [-0.2, -0.15) is 0 Å². The van der Waals surface area contributed by atoms with Crippen molar-refractivity contribution in [1.82, 2.24) is 9.13 Å². The largest absolute Gasteiger partial charge is 0.333 e. The molecule has 0 saturated heterocycles. The molecule has 140 valence electrons. The molecule has 4 rings (SSSR count). The van der Waals surface area contributed by atoms with E-state index in [2.05, 4.69) is 24.3 Å². The third-order valence-electron chi connectivity index (χ3n) is 5.69. The van der Waals surface area contributed by atoms with Gasteiger partial charge in [0, 0.05) is 17.4 Å². The number of nitrogens with zero attached hydrogens (tertiary/aromatic N) is 2. The molecule has 1 heterocycles. The minimum atomic E-state index is -0.0497. The molecule has 27 heavy (non-hydrogen) atoms. The third kappa shape index (κ3) is 3.89. The van der Waals surface area contributed by atoms with Gasteiger partial charge in [0.15, 0.2) is 0 Å². The summed E-state index contributed by atoms with van der Waals surface area (Å²) in [5, 5.41) is 0.672. The molecular weight excluding hydrogens is 356 g/mol. The Bertz CT molecular complexity index is 978. The topological polar surface area (TPSA) is 26.9 Å². The number of hydrogen-bond acceptors (Lipinski definition) is 1. The van der Waals surface area contributed by atoms with Crippen LogP contribution in [0.4, 0.5) is 0 Å². The summed E-state index contributed by atoms with van der Waals surface area (Å²) in [4.78, 5) is 12.8. The maximum absolute atomic E-state index is 12.8. The van der Waals surface area contributed by atoms with Crippen LogP contribution >= 0.6 is 11.6 Å². The van der Waals surface area contributed by atoms with Crippen LogP contribution in [0.25, 0.3) is 5.69 Å². The SMILES string of the molecule is Cc1ccc(-n2ccn(Cc3ccc(C4CCCCC4)cc3)c2=O)cc1Cl. The van der Waals surface area contributed by atoms with Crippen LogP contribution in [0.15, 0.2) is 59.7 Å². The molecule has 0 spiro atoms. The first kappa shape index (κ1) is 18.1. The Kier molecular flexibility index (Phi) is 5.22. The normalized spacial score (nSPS) is 15.2. The van der Waals surface area contributed by atoms with E-state index >= 15 is 0 Å². The summed E-state index contributed by atoms with van der Waals surface area (Å²) in [6.45, 7) is 2.54. The lowest BCUT2D eigenvalue weighted by Gasteiger charge is -2.22. The molecule has 0 bridgehead atoms. The van der Waals surface area contributed by atoms with Gasteiger partial charge in [-0.05, 0) is 54.5 Å². The van der Waals surface area contributed by atoms with E-state index in [1.807, 2.05) is 31.3 Å². The van der Waals surface area contributed by atoms with E-state index in [9.17, 15) is 4.79 Å². The van der Waals surface area contributed by atoms with Gasteiger partial charge in [0.2, 0.25) is 0 Å². The number of hydrogen-bond donors (Lipinski definition) is 0. The van der Waals surface area contributed by atoms with E-state index in [1.165, 1.54) is 37.7 Å². The molecule has 1 aromatic heterocycles. The molecule has 3 nitrogen and oxygen atoms in total. The average Bonchev–Trinajstić information content (AvgIpc) is 3.06. The van der Waals surface area contributed by atoms with Gasteiger partial charge in [-0.1, -0.05) is 61.2 Å². The lowest BCUT2D eigenvalue weighted by molar-refractivity contribution is 0.443. The fourth-order valence-corrected chi connectivity index (χ4v) is 4.16. The second-order valence-corrected chi connectivity index (χ2v) is 8.00. The molecule has 0 amide bonds. The van der Waals surface area contributed by atoms with Crippen LogP contribution in [0.1, 0.15) is 54.7 Å². The monoisotopic (exact) mass is 380 g/mol. The molecule has 1 aliphatic carbocycles. The van der Waals surface area contributed by atoms with Gasteiger partial charge in [0.1, 0.15) is 0 Å². The van der Waals surface area contributed by atoms with Crippen molar-refractivity contribution in [1.29, 1.82) is 0 Å². The van der Waals surface area contributed by atoms with Crippen LogP contribution in [0, 0.1) is 6.92 Å². The maximum Gasteiger partial charge on any atom is 0.333 e. The summed E-state index contributed by atoms with van der Waals surface area (Å²) >= 11 is 6.21. The fraction of sp³-hybridized carbons (Fsp3) is 0.348. The van der Waals surface area contributed by atoms with Gasteiger partial charge in [0.25, 0.3) is 0 Å². The van der Waals surface area contributed by atoms with Crippen molar-refractivity contribution in [3.63, 3.8) is 0 Å². The highest BCUT2D eigenvalue weighted by atomic mass is 35.5. The molecule has 2 aromatic carbocycles. The fourth-order valence-electron chi connectivity index (χ4n) is 3.99. The standard InChI is InChI=1S/C23H25ClN2O/c1-17-7-12-21(15-22(17)24)26-14-13-25(23(26)27)16-18-8-10-20(11-9-18)19-5-3-2-4-6-19/h7-15,19H,2-6,16H2,1H3. The molecule has 1 fully saturated rings. The molecular formula is C23H25ClN2O. The van der Waals surface area contributed by atoms with Crippen LogP contribution in [0.5, 0.6) is 0 Å². The number of imidazole rings is 1. The lowest BCUT2D eigenvalue weighted by Crippen LogP contribution is -2.23. The average molecular weight is 381 g/mol. The predicted octanol–water partition coefficient (Wildman–Crippen LogP) is 5.70. The summed E-state index contributed by atoms with van der Waals surface area (Å²) in [6, 6.07) is 14.5. The van der Waals surface area contributed by atoms with Crippen LogP contribution in [0.2, 0.25) is 5.02 Å². The lowest BCUT2D eigenvalue weighted by atomic mass is 9.84. The maximum atomic E-state index is 12.8. The van der Waals surface area contributed by atoms with E-state index in [-0.39, 0.29) is 5.69 Å². The van der Waals surface area contributed by atoms with Gasteiger partial charge < -0.3 is 0 Å². The smallest absolute Gasteiger partial charge is 0.294 e. The van der Waals surface area contributed by atoms with E-state index in [0.29, 0.717) is 17.5 Å². The highest BCUT2D eigenvalue weighted by Crippen LogP contribution is 2.32. The molecule has 1 saturated carbocycles. The number of aromatic nitrogens is 2. The predicted molar refractivity (Wildman–Crippen MR) is 111 cm³/mol. The summed E-state index contributed by atoms with van der Waals surface area (Å²) in [5.74, 6) is 0.711. The van der Waals surface area contributed by atoms with Gasteiger partial charge in [-0.25, -0.2) is 4.79 Å². The number of rotatable bonds is 4. The number of aryl methyl sites for hydroxylation is 1. The van der Waals surface area contributed by atoms with Crippen molar-refractivity contribution >= 4 is 11.6 Å². The summed E-state index contributed by atoms with van der Waals surface area (Å²) < 4.78 is 3.38. The second kappa shape index (κ2) is 7.77. The summed E-state index contributed by atoms with van der Waals surface area (Å²) in [7, 11) is 0. The van der Waals surface area contributed by atoms with Crippen molar-refractivity contribution in [2.75, 3.05) is 0 Å². The minimum absolute atomic E-state index is 0.0497. The van der Waals surface area contributed by atoms with E-state index in [4.69, 9.17) is 11.6 Å². The molecule has 0 unspecified atom stereocenters. The first-order chi connectivity index (χ1) is 13.1. The molecule has 0 atom stereocenters. The van der Waals surface area contributed by atoms with Crippen LogP contribution in [-0.4, -0.2) is 9.13 Å². The highest BCUT2D eigenvalue weighted by Gasteiger charge is 2.15. The van der Waals surface area contributed by atoms with E-state index in [0.717, 1.165) is 16.8 Å². The summed E-state index contributed by atoms with van der Waals surface area (Å²) in [5.41, 5.74) is 4.34. The van der Waals surface area contributed by atoms with Crippen molar-refractivity contribution in [2.24, 2.45) is 0 Å². The first-order valence-electron chi connectivity index (χ1n) is 9.75. The quantitative estimate of drug-likeness (QED) is 0.570. The van der Waals surface area contributed by atoms with Crippen LogP contribution in [0.3, 0.4) is 0 Å². The zero-order valence-electron chi connectivity index (χ0n) is 15.7. The van der Waals surface area contributed by atoms with Crippen molar-refractivity contribution < 1.29 is 0 Å². The van der Waals surface area contributed by atoms with Crippen molar-refractivity contribution in [3.8, 4) is 5.69 Å². The van der Waals surface area contributed by atoms with Crippen molar-refractivity contribution in [2.45, 2.75) is 51.5 Å². The Morgan fingerprint density at radius 1 is 1.00 bits per heavy atom. The molecule has 0 radical (unpaired) electrons. The first-order valence-corrected chi connectivity index (χ1v) is 10.1. The van der Waals surface area contributed by atoms with Gasteiger partial charge in [0.05, 0.1) is 12.2 Å². The highest BCUT2D eigenvalue weighted by molar-refractivity contribution is 6.31. The van der Waals surface area contributed by atoms with Gasteiger partial charge >= 0.3 is 5.69 Å². The minimum Gasteiger partial charge on any atom is -0.294 e. The van der Waals surface area contributed by atoms with Crippen LogP contribution in [-0.2, 0) is 6.54 Å². The number of halogens is 1. The van der Waals surface area contributed by atoms with E-state index < -0.39 is 0 Å². The number of benzene rings is 2. The Balaban J connectivity index is 1.52. The zero-order valence-corrected chi connectivity index (χ0v) is 16.5. The van der Waals surface area contributed by atoms with Crippen LogP contribution < -0.4 is 5.69 Å². The Labute approximate surface area is 165 Å². The van der Waals surface area contributed by atoms with Gasteiger partial charge in [-0.15, -0.1) is 0 Å². The zero-order chi connectivity index (χ0) is 18.8. The third-order valence-corrected chi connectivity index (χ3v) is 6.10. The Morgan fingerprint density at radius 2 is 1.74 bits per heavy atom. The van der Waals surface area contributed by atoms with Crippen molar-refractivity contribution in [3.05, 3.63) is 87.1 Å². The molecule has 1 aliphatic rings. The molecule has 3 aromatic rings. The summed E-state index contributed by atoms with van der Waals surface area (Å²) in [6.07, 6.45) is 10.3. The molecule has 0 aliphatic heterocycles. The Hall–Kier alpha value is -2.26. The molecule has 0 N–H and O–H groups in total. The molecule has 4 heteroatoms. The Morgan fingerprint density at radius 3 is 2.44 bits per heavy atom. The van der Waals surface area contributed by atoms with Gasteiger partial charge in [-0.3, -0.25) is 9.13 Å². The second-order valence-electron chi connectivity index (χ2n) is 7.59.